The molecule has 0 spiro atoms. The average molecular weight is 541 g/mol. The molecule has 1 saturated heterocycles. The Morgan fingerprint density at radius 3 is 2.19 bits per heavy atom. The van der Waals surface area contributed by atoms with Crippen LogP contribution in [0.4, 0.5) is 0 Å². The second kappa shape index (κ2) is 12.9. The number of benzene rings is 2. The van der Waals surface area contributed by atoms with Crippen LogP contribution >= 0.6 is 11.6 Å². The van der Waals surface area contributed by atoms with Crippen LogP contribution in [0, 0.1) is 13.8 Å². The average Bonchev–Trinajstić information content (AvgIpc) is 3.37. The van der Waals surface area contributed by atoms with Gasteiger partial charge in [0.05, 0.1) is 34.4 Å². The molecule has 1 aliphatic rings. The zero-order valence-electron chi connectivity index (χ0n) is 21.3. The number of allylic oxidation sites excluding steroid dienone is 1. The number of rotatable bonds is 12. The molecule has 0 saturated carbocycles. The molecule has 1 fully saturated rings. The van der Waals surface area contributed by atoms with Crippen molar-refractivity contribution in [3.63, 3.8) is 0 Å². The second-order valence-corrected chi connectivity index (χ2v) is 10.9. The fraction of sp³-hybridized carbons (Fsp3) is 0.462. The monoisotopic (exact) mass is 540 g/mol. The van der Waals surface area contributed by atoms with E-state index in [2.05, 4.69) is 0 Å². The summed E-state index contributed by atoms with van der Waals surface area (Å²) in [5, 5.41) is 0.374. The lowest BCUT2D eigenvalue weighted by Gasteiger charge is -2.24. The molecule has 10 heteroatoms. The topological polar surface area (TPSA) is 89.5 Å². The van der Waals surface area contributed by atoms with E-state index in [4.69, 9.17) is 40.0 Å². The van der Waals surface area contributed by atoms with Gasteiger partial charge < -0.3 is 28.4 Å². The van der Waals surface area contributed by atoms with E-state index in [1.165, 1.54) is 14.2 Å². The highest BCUT2D eigenvalue weighted by atomic mass is 35.5. The van der Waals surface area contributed by atoms with Gasteiger partial charge in [-0.1, -0.05) is 40.9 Å². The molecular formula is C26H33ClO8S. The van der Waals surface area contributed by atoms with Crippen molar-refractivity contribution in [2.75, 3.05) is 46.8 Å². The minimum absolute atomic E-state index is 0.0258. The summed E-state index contributed by atoms with van der Waals surface area (Å²) in [5.41, 5.74) is 3.61. The predicted octanol–water partition coefficient (Wildman–Crippen LogP) is 4.93. The van der Waals surface area contributed by atoms with Crippen molar-refractivity contribution < 1.29 is 36.8 Å². The third-order valence-electron chi connectivity index (χ3n) is 5.68. The van der Waals surface area contributed by atoms with Crippen molar-refractivity contribution in [1.82, 2.24) is 0 Å². The van der Waals surface area contributed by atoms with Gasteiger partial charge in [-0.2, -0.15) is 0 Å². The fourth-order valence-corrected chi connectivity index (χ4v) is 5.57. The van der Waals surface area contributed by atoms with Gasteiger partial charge in [-0.25, -0.2) is 8.42 Å². The van der Waals surface area contributed by atoms with Crippen molar-refractivity contribution in [2.45, 2.75) is 38.4 Å². The van der Waals surface area contributed by atoms with Gasteiger partial charge in [-0.3, -0.25) is 0 Å². The minimum Gasteiger partial charge on any atom is -0.467 e. The summed E-state index contributed by atoms with van der Waals surface area (Å²) >= 11 is 6.74. The molecule has 198 valence electrons. The van der Waals surface area contributed by atoms with E-state index >= 15 is 0 Å². The molecule has 0 atom stereocenters. The van der Waals surface area contributed by atoms with Crippen LogP contribution in [0.3, 0.4) is 0 Å². The first kappa shape index (κ1) is 28.4. The lowest BCUT2D eigenvalue weighted by molar-refractivity contribution is -0.0483. The maximum absolute atomic E-state index is 12.9. The molecule has 0 aliphatic carbocycles. The number of methoxy groups -OCH3 is 2. The van der Waals surface area contributed by atoms with Crippen molar-refractivity contribution in [2.24, 2.45) is 0 Å². The predicted molar refractivity (Wildman–Crippen MR) is 137 cm³/mol. The smallest absolute Gasteiger partial charge is 0.188 e. The van der Waals surface area contributed by atoms with Gasteiger partial charge in [-0.15, -0.1) is 0 Å². The largest absolute Gasteiger partial charge is 0.467 e. The number of ether oxygens (including phenoxy) is 6. The number of aryl methyl sites for hydroxylation is 1. The van der Waals surface area contributed by atoms with E-state index in [0.717, 1.165) is 5.56 Å². The number of hydrogen-bond acceptors (Lipinski definition) is 8. The summed E-state index contributed by atoms with van der Waals surface area (Å²) in [7, 11) is -0.470. The molecular weight excluding hydrogens is 508 g/mol. The standard InChI is InChI=1S/C26H33ClO8S/c1-17-6-9-20(10-7-17)36(28,29)14-18(2)8-11-21-24(34-15-30-4)22(26-32-12-13-33-26)19(3)23(27)25(21)35-16-31-5/h6-10,26H,11-16H2,1-5H3/b18-8+. The molecule has 2 aromatic carbocycles. The Balaban J connectivity index is 2.02. The Morgan fingerprint density at radius 2 is 1.61 bits per heavy atom. The molecule has 1 heterocycles. The number of hydrogen-bond donors (Lipinski definition) is 0. The lowest BCUT2D eigenvalue weighted by Crippen LogP contribution is -2.13. The lowest BCUT2D eigenvalue weighted by atomic mass is 9.98. The zero-order chi connectivity index (χ0) is 26.3. The van der Waals surface area contributed by atoms with E-state index in [9.17, 15) is 8.42 Å². The normalized spacial score (nSPS) is 14.9. The van der Waals surface area contributed by atoms with Crippen molar-refractivity contribution >= 4 is 21.4 Å². The molecule has 8 nitrogen and oxygen atoms in total. The first-order chi connectivity index (χ1) is 17.2. The summed E-state index contributed by atoms with van der Waals surface area (Å²) < 4.78 is 59.5. The van der Waals surface area contributed by atoms with Crippen LogP contribution in [0.25, 0.3) is 0 Å². The number of sulfone groups is 1. The Hall–Kier alpha value is -2.14. The zero-order valence-corrected chi connectivity index (χ0v) is 22.8. The third-order valence-corrected chi connectivity index (χ3v) is 7.96. The Labute approximate surface area is 218 Å². The van der Waals surface area contributed by atoms with E-state index in [1.54, 1.807) is 31.2 Å². The maximum atomic E-state index is 12.9. The van der Waals surface area contributed by atoms with Crippen molar-refractivity contribution in [3.8, 4) is 11.5 Å². The van der Waals surface area contributed by atoms with Crippen LogP contribution in [0.2, 0.25) is 5.02 Å². The van der Waals surface area contributed by atoms with E-state index < -0.39 is 16.1 Å². The van der Waals surface area contributed by atoms with Crippen LogP contribution < -0.4 is 9.47 Å². The molecule has 0 unspecified atom stereocenters. The minimum atomic E-state index is -3.50. The Bertz CT molecular complexity index is 1170. The molecule has 36 heavy (non-hydrogen) atoms. The molecule has 0 amide bonds. The summed E-state index contributed by atoms with van der Waals surface area (Å²) in [6.45, 7) is 6.35. The van der Waals surface area contributed by atoms with Crippen LogP contribution in [0.5, 0.6) is 11.5 Å². The maximum Gasteiger partial charge on any atom is 0.188 e. The molecule has 1 aliphatic heterocycles. The van der Waals surface area contributed by atoms with Gasteiger partial charge in [0.25, 0.3) is 0 Å². The Kier molecular flexibility index (Phi) is 10.2. The molecule has 2 aromatic rings. The quantitative estimate of drug-likeness (QED) is 0.276. The van der Waals surface area contributed by atoms with E-state index in [0.29, 0.717) is 52.0 Å². The molecule has 0 N–H and O–H groups in total. The van der Waals surface area contributed by atoms with Crippen molar-refractivity contribution in [1.29, 1.82) is 0 Å². The summed E-state index contributed by atoms with van der Waals surface area (Å²) in [6.07, 6.45) is 1.45. The summed E-state index contributed by atoms with van der Waals surface area (Å²) in [4.78, 5) is 0.283. The van der Waals surface area contributed by atoms with Gasteiger partial charge in [0.2, 0.25) is 0 Å². The van der Waals surface area contributed by atoms with Crippen molar-refractivity contribution in [3.05, 3.63) is 63.2 Å². The first-order valence-corrected chi connectivity index (χ1v) is 13.5. The van der Waals surface area contributed by atoms with Crippen LogP contribution in [0.15, 0.2) is 40.8 Å². The molecule has 0 bridgehead atoms. The van der Waals surface area contributed by atoms with Crippen LogP contribution in [0.1, 0.15) is 35.5 Å². The van der Waals surface area contributed by atoms with Gasteiger partial charge in [0.1, 0.15) is 11.5 Å². The van der Waals surface area contributed by atoms with Gasteiger partial charge in [-0.05, 0) is 44.9 Å². The fourth-order valence-electron chi connectivity index (χ4n) is 3.87. The van der Waals surface area contributed by atoms with Crippen LogP contribution in [-0.2, 0) is 35.2 Å². The highest BCUT2D eigenvalue weighted by Crippen LogP contribution is 2.46. The third kappa shape index (κ3) is 6.79. The van der Waals surface area contributed by atoms with Crippen LogP contribution in [-0.4, -0.2) is 55.2 Å². The summed E-state index contributed by atoms with van der Waals surface area (Å²) in [6, 6.07) is 6.82. The molecule has 3 rings (SSSR count). The van der Waals surface area contributed by atoms with E-state index in [-0.39, 0.29) is 30.7 Å². The van der Waals surface area contributed by atoms with Gasteiger partial charge >= 0.3 is 0 Å². The van der Waals surface area contributed by atoms with Gasteiger partial charge in [0, 0.05) is 19.8 Å². The molecule has 0 radical (unpaired) electrons. The highest BCUT2D eigenvalue weighted by Gasteiger charge is 2.31. The second-order valence-electron chi connectivity index (χ2n) is 8.49. The van der Waals surface area contributed by atoms with Gasteiger partial charge in [0.15, 0.2) is 29.7 Å². The molecule has 0 aromatic heterocycles. The highest BCUT2D eigenvalue weighted by molar-refractivity contribution is 7.91. The van der Waals surface area contributed by atoms with E-state index in [1.807, 2.05) is 19.9 Å². The SMILES string of the molecule is COCOc1c(Cl)c(C)c(C2OCCO2)c(OCOC)c1C/C=C(\C)CS(=O)(=O)c1ccc(C)cc1. The first-order valence-electron chi connectivity index (χ1n) is 11.5. The number of halogens is 1. The summed E-state index contributed by atoms with van der Waals surface area (Å²) in [5.74, 6) is 0.719. The Morgan fingerprint density at radius 1 is 1.03 bits per heavy atom.